The Morgan fingerprint density at radius 1 is 1.11 bits per heavy atom. The van der Waals surface area contributed by atoms with Crippen LogP contribution in [0.15, 0.2) is 0 Å². The zero-order valence-electron chi connectivity index (χ0n) is 12.2. The summed E-state index contributed by atoms with van der Waals surface area (Å²) in [6.45, 7) is 5.80. The number of nitrogens with zero attached hydrogens (tertiary/aromatic N) is 1. The lowest BCUT2D eigenvalue weighted by molar-refractivity contribution is 0.0150. The number of ether oxygens (including phenoxy) is 1. The van der Waals surface area contributed by atoms with E-state index in [1.807, 2.05) is 7.05 Å². The molecule has 2 heterocycles. The second-order valence-corrected chi connectivity index (χ2v) is 5.92. The van der Waals surface area contributed by atoms with E-state index < -0.39 is 0 Å². The van der Waals surface area contributed by atoms with Gasteiger partial charge in [0.2, 0.25) is 0 Å². The minimum Gasteiger partial charge on any atom is -0.372 e. The van der Waals surface area contributed by atoms with Crippen LogP contribution in [0, 0.1) is 0 Å². The first-order chi connectivity index (χ1) is 8.83. The summed E-state index contributed by atoms with van der Waals surface area (Å²) in [5.41, 5.74) is 0. The molecule has 0 bridgehead atoms. The Morgan fingerprint density at radius 2 is 1.94 bits per heavy atom. The normalized spacial score (nSPS) is 34.7. The molecule has 3 heteroatoms. The van der Waals surface area contributed by atoms with E-state index in [0.717, 1.165) is 12.6 Å². The smallest absolute Gasteiger partial charge is 0.0707 e. The van der Waals surface area contributed by atoms with Gasteiger partial charge in [0, 0.05) is 19.1 Å². The molecule has 3 atom stereocenters. The molecule has 0 amide bonds. The first-order valence-corrected chi connectivity index (χ1v) is 7.87. The van der Waals surface area contributed by atoms with Crippen molar-refractivity contribution in [1.29, 1.82) is 0 Å². The third-order valence-corrected chi connectivity index (χ3v) is 4.54. The minimum atomic E-state index is 0.451. The third-order valence-electron chi connectivity index (χ3n) is 4.54. The molecule has 2 rings (SSSR count). The van der Waals surface area contributed by atoms with Crippen molar-refractivity contribution >= 4 is 0 Å². The van der Waals surface area contributed by atoms with E-state index in [4.69, 9.17) is 4.74 Å². The first-order valence-electron chi connectivity index (χ1n) is 7.87. The van der Waals surface area contributed by atoms with Crippen LogP contribution in [0.4, 0.5) is 0 Å². The van der Waals surface area contributed by atoms with Crippen LogP contribution >= 0.6 is 0 Å². The molecule has 0 saturated carbocycles. The van der Waals surface area contributed by atoms with Gasteiger partial charge in [0.1, 0.15) is 0 Å². The van der Waals surface area contributed by atoms with E-state index in [2.05, 4.69) is 17.1 Å². The molecular weight excluding hydrogens is 224 g/mol. The molecule has 2 saturated heterocycles. The summed E-state index contributed by atoms with van der Waals surface area (Å²) in [6.07, 6.45) is 10.3. The van der Waals surface area contributed by atoms with Gasteiger partial charge in [0.25, 0.3) is 0 Å². The summed E-state index contributed by atoms with van der Waals surface area (Å²) in [6, 6.07) is 0.805. The van der Waals surface area contributed by atoms with E-state index in [-0.39, 0.29) is 0 Å². The Labute approximate surface area is 112 Å². The van der Waals surface area contributed by atoms with Gasteiger partial charge in [0.15, 0.2) is 0 Å². The number of likely N-dealkylation sites (N-methyl/N-ethyl adjacent to an activating group) is 1. The van der Waals surface area contributed by atoms with Crippen LogP contribution in [0.3, 0.4) is 0 Å². The summed E-state index contributed by atoms with van der Waals surface area (Å²) < 4.78 is 6.13. The molecule has 0 radical (unpaired) electrons. The van der Waals surface area contributed by atoms with Crippen LogP contribution in [-0.4, -0.2) is 49.8 Å². The molecule has 0 aromatic rings. The van der Waals surface area contributed by atoms with Gasteiger partial charge in [-0.05, 0) is 45.7 Å². The number of rotatable bonds is 5. The van der Waals surface area contributed by atoms with Crippen molar-refractivity contribution in [2.75, 3.05) is 26.7 Å². The third kappa shape index (κ3) is 3.94. The average Bonchev–Trinajstić information content (AvgIpc) is 2.69. The number of hydrogen-bond acceptors (Lipinski definition) is 3. The molecule has 3 unspecified atom stereocenters. The Bertz CT molecular complexity index is 235. The average molecular weight is 254 g/mol. The van der Waals surface area contributed by atoms with Gasteiger partial charge < -0.3 is 10.1 Å². The molecule has 0 aromatic carbocycles. The number of nitrogens with one attached hydrogen (secondary N) is 1. The highest BCUT2D eigenvalue weighted by Gasteiger charge is 2.28. The van der Waals surface area contributed by atoms with Crippen molar-refractivity contribution in [1.82, 2.24) is 10.2 Å². The predicted octanol–water partition coefficient (Wildman–Crippen LogP) is 2.41. The monoisotopic (exact) mass is 254 g/mol. The minimum absolute atomic E-state index is 0.451. The molecule has 3 nitrogen and oxygen atoms in total. The van der Waals surface area contributed by atoms with Crippen LogP contribution in [-0.2, 0) is 4.74 Å². The SMILES string of the molecule is CCC1CCCCCN1CC1CCC(CNC)O1. The molecule has 2 fully saturated rings. The predicted molar refractivity (Wildman–Crippen MR) is 75.9 cm³/mol. The molecule has 0 spiro atoms. The molecular formula is C15H30N2O. The quantitative estimate of drug-likeness (QED) is 0.815. The highest BCUT2D eigenvalue weighted by atomic mass is 16.5. The van der Waals surface area contributed by atoms with Gasteiger partial charge >= 0.3 is 0 Å². The zero-order chi connectivity index (χ0) is 12.8. The first kappa shape index (κ1) is 14.3. The van der Waals surface area contributed by atoms with Gasteiger partial charge in [-0.15, -0.1) is 0 Å². The lowest BCUT2D eigenvalue weighted by Crippen LogP contribution is -2.40. The maximum absolute atomic E-state index is 6.13. The van der Waals surface area contributed by atoms with E-state index in [9.17, 15) is 0 Å². The summed E-state index contributed by atoms with van der Waals surface area (Å²) in [5, 5.41) is 3.23. The standard InChI is InChI=1S/C15H30N2O/c1-3-13-7-5-4-6-10-17(13)12-15-9-8-14(18-15)11-16-2/h13-16H,3-12H2,1-2H3. The maximum atomic E-state index is 6.13. The van der Waals surface area contributed by atoms with Crippen molar-refractivity contribution in [2.45, 2.75) is 70.1 Å². The Balaban J connectivity index is 1.80. The van der Waals surface area contributed by atoms with Gasteiger partial charge in [-0.2, -0.15) is 0 Å². The number of hydrogen-bond donors (Lipinski definition) is 1. The van der Waals surface area contributed by atoms with E-state index in [1.165, 1.54) is 58.0 Å². The lowest BCUT2D eigenvalue weighted by Gasteiger charge is -2.31. The second kappa shape index (κ2) is 7.46. The molecule has 1 N–H and O–H groups in total. The van der Waals surface area contributed by atoms with Crippen molar-refractivity contribution in [3.05, 3.63) is 0 Å². The fourth-order valence-electron chi connectivity index (χ4n) is 3.49. The van der Waals surface area contributed by atoms with Gasteiger partial charge in [0.05, 0.1) is 12.2 Å². The summed E-state index contributed by atoms with van der Waals surface area (Å²) in [7, 11) is 2.01. The van der Waals surface area contributed by atoms with Crippen LogP contribution in [0.25, 0.3) is 0 Å². The topological polar surface area (TPSA) is 24.5 Å². The molecule has 0 aliphatic carbocycles. The molecule has 2 aliphatic rings. The molecule has 18 heavy (non-hydrogen) atoms. The van der Waals surface area contributed by atoms with Crippen molar-refractivity contribution in [3.8, 4) is 0 Å². The van der Waals surface area contributed by atoms with Crippen molar-refractivity contribution in [3.63, 3.8) is 0 Å². The Kier molecular flexibility index (Phi) is 5.93. The zero-order valence-corrected chi connectivity index (χ0v) is 12.2. The van der Waals surface area contributed by atoms with E-state index >= 15 is 0 Å². The summed E-state index contributed by atoms with van der Waals surface area (Å²) >= 11 is 0. The fraction of sp³-hybridized carbons (Fsp3) is 1.00. The van der Waals surface area contributed by atoms with Gasteiger partial charge in [-0.3, -0.25) is 4.90 Å². The Hall–Kier alpha value is -0.120. The second-order valence-electron chi connectivity index (χ2n) is 5.92. The highest BCUT2D eigenvalue weighted by molar-refractivity contribution is 4.81. The fourth-order valence-corrected chi connectivity index (χ4v) is 3.49. The molecule has 2 aliphatic heterocycles. The highest BCUT2D eigenvalue weighted by Crippen LogP contribution is 2.24. The Morgan fingerprint density at radius 3 is 2.72 bits per heavy atom. The van der Waals surface area contributed by atoms with E-state index in [1.54, 1.807) is 0 Å². The van der Waals surface area contributed by atoms with Crippen LogP contribution < -0.4 is 5.32 Å². The van der Waals surface area contributed by atoms with Crippen molar-refractivity contribution < 1.29 is 4.74 Å². The number of likely N-dealkylation sites (tertiary alicyclic amines) is 1. The maximum Gasteiger partial charge on any atom is 0.0707 e. The molecule has 106 valence electrons. The van der Waals surface area contributed by atoms with E-state index in [0.29, 0.717) is 12.2 Å². The van der Waals surface area contributed by atoms with Gasteiger partial charge in [-0.1, -0.05) is 19.8 Å². The summed E-state index contributed by atoms with van der Waals surface area (Å²) in [5.74, 6) is 0. The lowest BCUT2D eigenvalue weighted by atomic mass is 10.1. The largest absolute Gasteiger partial charge is 0.372 e. The van der Waals surface area contributed by atoms with Crippen LogP contribution in [0.5, 0.6) is 0 Å². The van der Waals surface area contributed by atoms with Crippen LogP contribution in [0.2, 0.25) is 0 Å². The molecule has 0 aromatic heterocycles. The van der Waals surface area contributed by atoms with Crippen LogP contribution in [0.1, 0.15) is 51.9 Å². The summed E-state index contributed by atoms with van der Waals surface area (Å²) in [4.78, 5) is 2.71. The van der Waals surface area contributed by atoms with Gasteiger partial charge in [-0.25, -0.2) is 0 Å². The van der Waals surface area contributed by atoms with Crippen molar-refractivity contribution in [2.24, 2.45) is 0 Å².